The fourth-order valence-electron chi connectivity index (χ4n) is 1.49. The number of carbonyl (C=O) groups is 1. The number of nitrogens with zero attached hydrogens (tertiary/aromatic N) is 1. The fourth-order valence-corrected chi connectivity index (χ4v) is 2.07. The van der Waals surface area contributed by atoms with Gasteiger partial charge in [-0.15, -0.1) is 0 Å². The minimum Gasteiger partial charge on any atom is -0.322 e. The molecule has 6 heteroatoms. The molecule has 1 amide bonds. The molecule has 0 aliphatic heterocycles. The van der Waals surface area contributed by atoms with Crippen molar-refractivity contribution in [2.45, 2.75) is 6.92 Å². The van der Waals surface area contributed by atoms with E-state index in [2.05, 4.69) is 5.32 Å². The van der Waals surface area contributed by atoms with Crippen molar-refractivity contribution >= 4 is 46.4 Å². The van der Waals surface area contributed by atoms with Crippen molar-refractivity contribution in [1.82, 2.24) is 4.90 Å². The predicted molar refractivity (Wildman–Crippen MR) is 82.2 cm³/mol. The van der Waals surface area contributed by atoms with Crippen molar-refractivity contribution in [2.24, 2.45) is 0 Å². The molecule has 1 aromatic rings. The van der Waals surface area contributed by atoms with Gasteiger partial charge in [0.15, 0.2) is 0 Å². The van der Waals surface area contributed by atoms with E-state index in [0.29, 0.717) is 22.3 Å². The van der Waals surface area contributed by atoms with Gasteiger partial charge >= 0.3 is 0 Å². The van der Waals surface area contributed by atoms with Gasteiger partial charge in [0.25, 0.3) is 0 Å². The van der Waals surface area contributed by atoms with E-state index in [9.17, 15) is 4.79 Å². The number of halogens is 3. The number of carbonyl (C=O) groups excluding carboxylic acids is 1. The van der Waals surface area contributed by atoms with E-state index in [4.69, 9.17) is 34.8 Å². The van der Waals surface area contributed by atoms with Crippen molar-refractivity contribution in [3.63, 3.8) is 0 Å². The van der Waals surface area contributed by atoms with Gasteiger partial charge in [0.2, 0.25) is 5.91 Å². The van der Waals surface area contributed by atoms with Gasteiger partial charge in [-0.3, -0.25) is 9.69 Å². The molecule has 0 saturated carbocycles. The zero-order chi connectivity index (χ0) is 14.3. The molecule has 3 nitrogen and oxygen atoms in total. The summed E-state index contributed by atoms with van der Waals surface area (Å²) in [4.78, 5) is 13.9. The number of rotatable bonds is 6. The van der Waals surface area contributed by atoms with Gasteiger partial charge in [0, 0.05) is 12.1 Å². The van der Waals surface area contributed by atoms with E-state index in [1.807, 2.05) is 11.8 Å². The summed E-state index contributed by atoms with van der Waals surface area (Å²) in [6.07, 6.45) is 1.78. The number of hydrogen-bond acceptors (Lipinski definition) is 2. The normalized spacial score (nSPS) is 11.2. The summed E-state index contributed by atoms with van der Waals surface area (Å²) >= 11 is 17.4. The molecule has 0 aliphatic carbocycles. The lowest BCUT2D eigenvalue weighted by Gasteiger charge is -2.18. The SMILES string of the molecule is CCN(C/C=C/Cl)CC(=O)Nc1c(Cl)cccc1Cl. The largest absolute Gasteiger partial charge is 0.322 e. The maximum absolute atomic E-state index is 11.9. The zero-order valence-electron chi connectivity index (χ0n) is 10.5. The number of amides is 1. The van der Waals surface area contributed by atoms with Crippen molar-refractivity contribution < 1.29 is 4.79 Å². The summed E-state index contributed by atoms with van der Waals surface area (Å²) in [5, 5.41) is 3.56. The van der Waals surface area contributed by atoms with Gasteiger partial charge in [-0.05, 0) is 18.7 Å². The number of anilines is 1. The fraction of sp³-hybridized carbons (Fsp3) is 0.308. The summed E-state index contributed by atoms with van der Waals surface area (Å²) in [5.74, 6) is -0.167. The van der Waals surface area contributed by atoms with Crippen molar-refractivity contribution in [2.75, 3.05) is 25.0 Å². The lowest BCUT2D eigenvalue weighted by atomic mass is 10.3. The molecule has 1 aromatic carbocycles. The van der Waals surface area contributed by atoms with Crippen LogP contribution >= 0.6 is 34.8 Å². The Kier molecular flexibility index (Phi) is 7.24. The zero-order valence-corrected chi connectivity index (χ0v) is 12.8. The van der Waals surface area contributed by atoms with Gasteiger partial charge in [0.1, 0.15) is 0 Å². The third kappa shape index (κ3) is 5.41. The molecule has 0 fully saturated rings. The second-order valence-corrected chi connectivity index (χ2v) is 4.90. The summed E-state index contributed by atoms with van der Waals surface area (Å²) in [5.41, 5.74) is 1.88. The molecule has 104 valence electrons. The molecule has 0 unspecified atom stereocenters. The molecule has 19 heavy (non-hydrogen) atoms. The molecule has 1 N–H and O–H groups in total. The Balaban J connectivity index is 2.64. The lowest BCUT2D eigenvalue weighted by Crippen LogP contribution is -2.33. The minimum atomic E-state index is -0.167. The second-order valence-electron chi connectivity index (χ2n) is 3.83. The van der Waals surface area contributed by atoms with Gasteiger partial charge < -0.3 is 5.32 Å². The van der Waals surface area contributed by atoms with Crippen LogP contribution in [0.15, 0.2) is 29.8 Å². The van der Waals surface area contributed by atoms with Crippen molar-refractivity contribution in [3.8, 4) is 0 Å². The third-order valence-electron chi connectivity index (χ3n) is 2.49. The van der Waals surface area contributed by atoms with Crippen LogP contribution < -0.4 is 5.32 Å². The molecule has 0 radical (unpaired) electrons. The van der Waals surface area contributed by atoms with E-state index in [-0.39, 0.29) is 12.5 Å². The first-order chi connectivity index (χ1) is 9.08. The predicted octanol–water partition coefficient (Wildman–Crippen LogP) is 4.01. The molecule has 0 spiro atoms. The summed E-state index contributed by atoms with van der Waals surface area (Å²) < 4.78 is 0. The molecule has 0 aliphatic rings. The molecule has 0 bridgehead atoms. The first-order valence-corrected chi connectivity index (χ1v) is 6.99. The molecule has 0 aromatic heterocycles. The highest BCUT2D eigenvalue weighted by molar-refractivity contribution is 6.39. The summed E-state index contributed by atoms with van der Waals surface area (Å²) in [6.45, 7) is 3.58. The third-order valence-corrected chi connectivity index (χ3v) is 3.30. The number of para-hydroxylation sites is 1. The van der Waals surface area contributed by atoms with Crippen molar-refractivity contribution in [3.05, 3.63) is 39.9 Å². The van der Waals surface area contributed by atoms with Gasteiger partial charge in [-0.2, -0.15) is 0 Å². The smallest absolute Gasteiger partial charge is 0.238 e. The number of benzene rings is 1. The summed E-state index contributed by atoms with van der Waals surface area (Å²) in [7, 11) is 0. The highest BCUT2D eigenvalue weighted by Gasteiger charge is 2.12. The van der Waals surface area contributed by atoms with Crippen LogP contribution in [0.25, 0.3) is 0 Å². The Labute approximate surface area is 128 Å². The quantitative estimate of drug-likeness (QED) is 0.858. The average molecular weight is 322 g/mol. The van der Waals surface area contributed by atoms with Crippen LogP contribution in [0.1, 0.15) is 6.92 Å². The van der Waals surface area contributed by atoms with Gasteiger partial charge in [-0.25, -0.2) is 0 Å². The van der Waals surface area contributed by atoms with Crippen LogP contribution in [0.2, 0.25) is 10.0 Å². The standard InChI is InChI=1S/C13H15Cl3N2O/c1-2-18(8-4-7-14)9-12(19)17-13-10(15)5-3-6-11(13)16/h3-7H,2,8-9H2,1H3,(H,17,19)/b7-4+. The Morgan fingerprint density at radius 2 is 2.00 bits per heavy atom. The molecule has 1 rings (SSSR count). The van der Waals surface area contributed by atoms with Crippen LogP contribution in [0.5, 0.6) is 0 Å². The van der Waals surface area contributed by atoms with E-state index in [1.165, 1.54) is 5.54 Å². The number of nitrogens with one attached hydrogen (secondary N) is 1. The average Bonchev–Trinajstić information content (AvgIpc) is 2.39. The maximum atomic E-state index is 11.9. The Morgan fingerprint density at radius 3 is 2.53 bits per heavy atom. The molecule has 0 heterocycles. The van der Waals surface area contributed by atoms with E-state index < -0.39 is 0 Å². The topological polar surface area (TPSA) is 32.3 Å². The number of hydrogen-bond donors (Lipinski definition) is 1. The maximum Gasteiger partial charge on any atom is 0.238 e. The van der Waals surface area contributed by atoms with Gasteiger partial charge in [0.05, 0.1) is 22.3 Å². The van der Waals surface area contributed by atoms with Crippen LogP contribution in [0.3, 0.4) is 0 Å². The monoisotopic (exact) mass is 320 g/mol. The van der Waals surface area contributed by atoms with E-state index >= 15 is 0 Å². The molecular formula is C13H15Cl3N2O. The second kappa shape index (κ2) is 8.43. The first kappa shape index (κ1) is 16.3. The summed E-state index contributed by atoms with van der Waals surface area (Å²) in [6, 6.07) is 5.08. The van der Waals surface area contributed by atoms with Crippen molar-refractivity contribution in [1.29, 1.82) is 0 Å². The Morgan fingerprint density at radius 1 is 1.37 bits per heavy atom. The van der Waals surface area contributed by atoms with Gasteiger partial charge in [-0.1, -0.05) is 53.9 Å². The number of likely N-dealkylation sites (N-methyl/N-ethyl adjacent to an activating group) is 1. The van der Waals surface area contributed by atoms with Crippen LogP contribution in [-0.2, 0) is 4.79 Å². The highest BCUT2D eigenvalue weighted by atomic mass is 35.5. The lowest BCUT2D eigenvalue weighted by molar-refractivity contribution is -0.117. The molecular weight excluding hydrogens is 307 g/mol. The first-order valence-electron chi connectivity index (χ1n) is 5.80. The van der Waals surface area contributed by atoms with E-state index in [1.54, 1.807) is 24.3 Å². The van der Waals surface area contributed by atoms with E-state index in [0.717, 1.165) is 6.54 Å². The Hall–Kier alpha value is -0.740. The highest BCUT2D eigenvalue weighted by Crippen LogP contribution is 2.29. The molecule has 0 atom stereocenters. The van der Waals surface area contributed by atoms with Crippen LogP contribution in [0, 0.1) is 0 Å². The van der Waals surface area contributed by atoms with Crippen LogP contribution in [0.4, 0.5) is 5.69 Å². The Bertz CT molecular complexity index is 443. The molecule has 0 saturated heterocycles. The van der Waals surface area contributed by atoms with Crippen LogP contribution in [-0.4, -0.2) is 30.4 Å². The minimum absolute atomic E-state index is 0.167.